The van der Waals surface area contributed by atoms with Gasteiger partial charge in [-0.1, -0.05) is 39.1 Å². The molecule has 5 heteroatoms. The summed E-state index contributed by atoms with van der Waals surface area (Å²) in [4.78, 5) is 12.6. The Hall–Kier alpha value is -1.29. The summed E-state index contributed by atoms with van der Waals surface area (Å²) in [6.07, 6.45) is 0. The maximum atomic E-state index is 12.6. The predicted molar refractivity (Wildman–Crippen MR) is 88.5 cm³/mol. The van der Waals surface area contributed by atoms with Crippen molar-refractivity contribution in [3.63, 3.8) is 0 Å². The quantitative estimate of drug-likeness (QED) is 0.505. The van der Waals surface area contributed by atoms with Crippen molar-refractivity contribution in [1.82, 2.24) is 0 Å². The van der Waals surface area contributed by atoms with Crippen molar-refractivity contribution in [2.24, 2.45) is 0 Å². The van der Waals surface area contributed by atoms with Gasteiger partial charge in [-0.2, -0.15) is 0 Å². The first-order chi connectivity index (χ1) is 9.97. The van der Waals surface area contributed by atoms with Gasteiger partial charge < -0.3 is 4.42 Å². The van der Waals surface area contributed by atoms with Crippen LogP contribution in [0.3, 0.4) is 0 Å². The van der Waals surface area contributed by atoms with Gasteiger partial charge >= 0.3 is 0 Å². The number of carbonyl (C=O) groups is 1. The van der Waals surface area contributed by atoms with Crippen molar-refractivity contribution in [3.8, 4) is 0 Å². The van der Waals surface area contributed by atoms with Gasteiger partial charge in [0.2, 0.25) is 5.78 Å². The lowest BCUT2D eigenvalue weighted by Gasteiger charge is -2.02. The van der Waals surface area contributed by atoms with Crippen molar-refractivity contribution >= 4 is 55.9 Å². The van der Waals surface area contributed by atoms with Crippen molar-refractivity contribution in [3.05, 3.63) is 67.8 Å². The molecule has 0 aliphatic carbocycles. The highest BCUT2D eigenvalue weighted by molar-refractivity contribution is 9.10. The maximum Gasteiger partial charge on any atom is 0.230 e. The number of hydrogen-bond acceptors (Lipinski definition) is 2. The monoisotopic (exact) mass is 382 g/mol. The summed E-state index contributed by atoms with van der Waals surface area (Å²) in [5.41, 5.74) is 1.79. The minimum atomic E-state index is -0.271. The molecule has 0 amide bonds. The number of rotatable bonds is 2. The third-order valence-electron chi connectivity index (χ3n) is 3.28. The normalized spacial score (nSPS) is 11.0. The Morgan fingerprint density at radius 1 is 1.14 bits per heavy atom. The van der Waals surface area contributed by atoms with E-state index in [1.165, 1.54) is 0 Å². The number of ketones is 1. The van der Waals surface area contributed by atoms with Crippen LogP contribution in [0, 0.1) is 6.92 Å². The topological polar surface area (TPSA) is 30.2 Å². The summed E-state index contributed by atoms with van der Waals surface area (Å²) < 4.78 is 6.62. The van der Waals surface area contributed by atoms with E-state index in [-0.39, 0.29) is 11.5 Å². The molecule has 106 valence electrons. The molecule has 3 aromatic rings. The zero-order chi connectivity index (χ0) is 15.1. The Kier molecular flexibility index (Phi) is 3.82. The van der Waals surface area contributed by atoms with Gasteiger partial charge in [0.25, 0.3) is 0 Å². The van der Waals surface area contributed by atoms with Crippen LogP contribution in [-0.2, 0) is 0 Å². The van der Waals surface area contributed by atoms with Gasteiger partial charge in [0, 0.05) is 26.0 Å². The van der Waals surface area contributed by atoms with E-state index in [0.717, 1.165) is 15.4 Å². The number of hydrogen-bond donors (Lipinski definition) is 0. The van der Waals surface area contributed by atoms with Crippen LogP contribution in [0.4, 0.5) is 0 Å². The van der Waals surface area contributed by atoms with E-state index < -0.39 is 0 Å². The molecular weight excluding hydrogens is 375 g/mol. The van der Waals surface area contributed by atoms with Crippen LogP contribution in [0.2, 0.25) is 10.0 Å². The van der Waals surface area contributed by atoms with E-state index >= 15 is 0 Å². The van der Waals surface area contributed by atoms with E-state index in [2.05, 4.69) is 15.9 Å². The summed E-state index contributed by atoms with van der Waals surface area (Å²) in [7, 11) is 0. The molecule has 3 rings (SSSR count). The molecule has 0 unspecified atom stereocenters. The second kappa shape index (κ2) is 5.48. The van der Waals surface area contributed by atoms with Crippen molar-refractivity contribution in [2.75, 3.05) is 0 Å². The Bertz CT molecular complexity index is 868. The van der Waals surface area contributed by atoms with Gasteiger partial charge in [0.1, 0.15) is 5.58 Å². The number of furan rings is 1. The second-order valence-corrected chi connectivity index (χ2v) is 6.41. The van der Waals surface area contributed by atoms with Crippen molar-refractivity contribution < 1.29 is 9.21 Å². The summed E-state index contributed by atoms with van der Waals surface area (Å²) in [5, 5.41) is 1.70. The third kappa shape index (κ3) is 2.61. The summed E-state index contributed by atoms with van der Waals surface area (Å²) in [6, 6.07) is 10.4. The lowest BCUT2D eigenvalue weighted by molar-refractivity contribution is 0.101. The Morgan fingerprint density at radius 3 is 2.67 bits per heavy atom. The van der Waals surface area contributed by atoms with Gasteiger partial charge in [-0.3, -0.25) is 4.79 Å². The largest absolute Gasteiger partial charge is 0.452 e. The van der Waals surface area contributed by atoms with Gasteiger partial charge in [0.15, 0.2) is 5.76 Å². The van der Waals surface area contributed by atoms with E-state index in [1.807, 2.05) is 25.1 Å². The zero-order valence-electron chi connectivity index (χ0n) is 10.9. The maximum absolute atomic E-state index is 12.6. The molecule has 0 N–H and O–H groups in total. The first-order valence-corrected chi connectivity index (χ1v) is 7.70. The van der Waals surface area contributed by atoms with E-state index in [9.17, 15) is 4.79 Å². The highest BCUT2D eigenvalue weighted by Crippen LogP contribution is 2.31. The average molecular weight is 384 g/mol. The van der Waals surface area contributed by atoms with Gasteiger partial charge in [-0.25, -0.2) is 0 Å². The Balaban J connectivity index is 2.18. The molecular formula is C16H9BrCl2O2. The molecule has 0 radical (unpaired) electrons. The smallest absolute Gasteiger partial charge is 0.230 e. The summed E-state index contributed by atoms with van der Waals surface area (Å²) in [6.45, 7) is 1.85. The van der Waals surface area contributed by atoms with E-state index in [4.69, 9.17) is 27.6 Å². The number of carbonyl (C=O) groups excluding carboxylic acids is 1. The fourth-order valence-corrected chi connectivity index (χ4v) is 2.94. The highest BCUT2D eigenvalue weighted by Gasteiger charge is 2.21. The van der Waals surface area contributed by atoms with E-state index in [0.29, 0.717) is 21.2 Å². The first-order valence-electron chi connectivity index (χ1n) is 6.16. The zero-order valence-corrected chi connectivity index (χ0v) is 14.0. The fourth-order valence-electron chi connectivity index (χ4n) is 2.20. The average Bonchev–Trinajstić information content (AvgIpc) is 2.78. The van der Waals surface area contributed by atoms with Crippen LogP contribution in [0.1, 0.15) is 21.7 Å². The van der Waals surface area contributed by atoms with Gasteiger partial charge in [0.05, 0.1) is 5.02 Å². The lowest BCUT2D eigenvalue weighted by atomic mass is 10.0. The van der Waals surface area contributed by atoms with Gasteiger partial charge in [-0.15, -0.1) is 0 Å². The highest BCUT2D eigenvalue weighted by atomic mass is 79.9. The second-order valence-electron chi connectivity index (χ2n) is 4.65. The Morgan fingerprint density at radius 2 is 1.90 bits per heavy atom. The molecule has 0 saturated carbocycles. The molecule has 0 atom stereocenters. The van der Waals surface area contributed by atoms with Crippen LogP contribution in [0.25, 0.3) is 11.0 Å². The molecule has 21 heavy (non-hydrogen) atoms. The molecule has 0 aliphatic rings. The molecule has 0 fully saturated rings. The number of benzene rings is 2. The Labute approximate surface area is 139 Å². The first kappa shape index (κ1) is 14.6. The van der Waals surface area contributed by atoms with Gasteiger partial charge in [-0.05, 0) is 43.3 Å². The van der Waals surface area contributed by atoms with Crippen LogP contribution >= 0.6 is 39.1 Å². The van der Waals surface area contributed by atoms with Crippen LogP contribution in [0.15, 0.2) is 45.3 Å². The molecule has 0 spiro atoms. The molecule has 0 bridgehead atoms. The minimum absolute atomic E-state index is 0.271. The molecule has 2 aromatic carbocycles. The predicted octanol–water partition coefficient (Wildman–Crippen LogP) is 6.04. The van der Waals surface area contributed by atoms with Crippen molar-refractivity contribution in [2.45, 2.75) is 6.92 Å². The summed E-state index contributed by atoms with van der Waals surface area (Å²) >= 11 is 15.4. The van der Waals surface area contributed by atoms with E-state index in [1.54, 1.807) is 18.2 Å². The molecule has 1 aromatic heterocycles. The number of halogens is 3. The van der Waals surface area contributed by atoms with Crippen LogP contribution in [-0.4, -0.2) is 5.78 Å². The number of aryl methyl sites for hydroxylation is 1. The van der Waals surface area contributed by atoms with Crippen molar-refractivity contribution in [1.29, 1.82) is 0 Å². The molecule has 0 aliphatic heterocycles. The molecule has 0 saturated heterocycles. The molecule has 2 nitrogen and oxygen atoms in total. The lowest BCUT2D eigenvalue weighted by Crippen LogP contribution is -2.02. The standard InChI is InChI=1S/C16H9BrCl2O2/c1-8-11-6-9(17)2-5-14(11)21-16(8)15(20)12-7-10(18)3-4-13(12)19/h2-7H,1H3. The third-order valence-corrected chi connectivity index (χ3v) is 4.34. The van der Waals surface area contributed by atoms with Crippen LogP contribution in [0.5, 0.6) is 0 Å². The fraction of sp³-hybridized carbons (Fsp3) is 0.0625. The molecule has 1 heterocycles. The van der Waals surface area contributed by atoms with Crippen LogP contribution < -0.4 is 0 Å². The SMILES string of the molecule is Cc1c(C(=O)c2cc(Cl)ccc2Cl)oc2ccc(Br)cc12. The summed E-state index contributed by atoms with van der Waals surface area (Å²) in [5.74, 6) is 0.0135. The number of fused-ring (bicyclic) bond motifs is 1. The minimum Gasteiger partial charge on any atom is -0.452 e.